The average molecular weight is 605 g/mol. The number of carbonyl (C=O) groups excluding carboxylic acids is 4. The molecule has 3 aromatic carbocycles. The predicted octanol–water partition coefficient (Wildman–Crippen LogP) is 1.48. The van der Waals surface area contributed by atoms with Crippen LogP contribution in [0.1, 0.15) is 31.8 Å². The third-order valence-electron chi connectivity index (χ3n) is 5.85. The normalized spacial score (nSPS) is 10.6. The average Bonchev–Trinajstić information content (AvgIpc) is 3.05. The Morgan fingerprint density at radius 1 is 0.568 bits per heavy atom. The first kappa shape index (κ1) is 32.6. The van der Waals surface area contributed by atoms with Gasteiger partial charge in [-0.05, 0) is 47.5 Å². The van der Waals surface area contributed by atoms with Gasteiger partial charge in [-0.3, -0.25) is 19.2 Å². The smallest absolute Gasteiger partial charge is 0.259 e. The molecule has 0 spiro atoms. The molecule has 0 aliphatic heterocycles. The minimum atomic E-state index is -0.519. The highest BCUT2D eigenvalue weighted by Gasteiger charge is 2.13. The number of hydrogen-bond donors (Lipinski definition) is 4. The predicted molar refractivity (Wildman–Crippen MR) is 162 cm³/mol. The zero-order valence-electron chi connectivity index (χ0n) is 24.5. The number of rotatable bonds is 14. The van der Waals surface area contributed by atoms with E-state index in [2.05, 4.69) is 31.7 Å². The van der Waals surface area contributed by atoms with Crippen molar-refractivity contribution >= 4 is 36.1 Å². The Kier molecular flexibility index (Phi) is 12.2. The summed E-state index contributed by atoms with van der Waals surface area (Å²) in [5.74, 6) is -0.210. The van der Waals surface area contributed by atoms with Crippen LogP contribution >= 0.6 is 0 Å². The van der Waals surface area contributed by atoms with Crippen LogP contribution in [0.5, 0.6) is 23.0 Å². The molecule has 0 atom stereocenters. The van der Waals surface area contributed by atoms with Crippen molar-refractivity contribution in [3.8, 4) is 23.0 Å². The van der Waals surface area contributed by atoms with Crippen molar-refractivity contribution in [1.82, 2.24) is 21.5 Å². The van der Waals surface area contributed by atoms with Gasteiger partial charge in [-0.15, -0.1) is 0 Å². The van der Waals surface area contributed by atoms with E-state index in [-0.39, 0.29) is 13.1 Å². The Hall–Kier alpha value is -5.92. The maximum absolute atomic E-state index is 12.3. The highest BCUT2D eigenvalue weighted by Crippen LogP contribution is 2.28. The number of nitrogens with zero attached hydrogens (tertiary/aromatic N) is 2. The van der Waals surface area contributed by atoms with Crippen molar-refractivity contribution in [2.45, 2.75) is 0 Å². The van der Waals surface area contributed by atoms with Crippen molar-refractivity contribution < 1.29 is 38.1 Å². The molecule has 0 heterocycles. The first-order chi connectivity index (χ1) is 21.3. The van der Waals surface area contributed by atoms with E-state index in [9.17, 15) is 19.2 Å². The molecule has 0 unspecified atom stereocenters. The van der Waals surface area contributed by atoms with E-state index in [1.165, 1.54) is 53.0 Å². The third kappa shape index (κ3) is 9.58. The van der Waals surface area contributed by atoms with E-state index in [0.717, 1.165) is 0 Å². The highest BCUT2D eigenvalue weighted by molar-refractivity contribution is 5.98. The Balaban J connectivity index is 1.39. The van der Waals surface area contributed by atoms with Gasteiger partial charge in [-0.1, -0.05) is 24.3 Å². The summed E-state index contributed by atoms with van der Waals surface area (Å²) >= 11 is 0. The maximum atomic E-state index is 12.3. The van der Waals surface area contributed by atoms with E-state index in [1.807, 2.05) is 0 Å². The van der Waals surface area contributed by atoms with Crippen LogP contribution in [0.15, 0.2) is 70.9 Å². The largest absolute Gasteiger partial charge is 0.493 e. The van der Waals surface area contributed by atoms with Gasteiger partial charge in [0.25, 0.3) is 23.6 Å². The second kappa shape index (κ2) is 16.5. The summed E-state index contributed by atoms with van der Waals surface area (Å²) in [6.45, 7) is -0.572. The van der Waals surface area contributed by atoms with Gasteiger partial charge in [0, 0.05) is 11.1 Å². The van der Waals surface area contributed by atoms with E-state index in [1.54, 1.807) is 48.5 Å². The lowest BCUT2D eigenvalue weighted by atomic mass is 10.2. The van der Waals surface area contributed by atoms with Crippen LogP contribution in [0.3, 0.4) is 0 Å². The molecule has 3 aromatic rings. The first-order valence-corrected chi connectivity index (χ1v) is 13.0. The Morgan fingerprint density at radius 3 is 1.27 bits per heavy atom. The van der Waals surface area contributed by atoms with Gasteiger partial charge in [0.2, 0.25) is 0 Å². The van der Waals surface area contributed by atoms with Crippen LogP contribution < -0.4 is 40.4 Å². The van der Waals surface area contributed by atoms with E-state index in [4.69, 9.17) is 18.9 Å². The number of ether oxygens (including phenoxy) is 4. The molecule has 0 fully saturated rings. The molecule has 14 nitrogen and oxygen atoms in total. The van der Waals surface area contributed by atoms with Gasteiger partial charge in [0.05, 0.1) is 54.0 Å². The number of hydrazone groups is 2. The summed E-state index contributed by atoms with van der Waals surface area (Å²) in [6, 6.07) is 16.2. The van der Waals surface area contributed by atoms with Crippen LogP contribution in [-0.4, -0.2) is 77.6 Å². The number of carbonyl (C=O) groups is 4. The second-order valence-electron chi connectivity index (χ2n) is 8.76. The van der Waals surface area contributed by atoms with Crippen molar-refractivity contribution in [3.63, 3.8) is 0 Å². The molecule has 0 radical (unpaired) electrons. The van der Waals surface area contributed by atoms with Gasteiger partial charge < -0.3 is 29.6 Å². The monoisotopic (exact) mass is 604 g/mol. The van der Waals surface area contributed by atoms with Crippen molar-refractivity contribution in [2.24, 2.45) is 10.2 Å². The number of nitrogens with one attached hydrogen (secondary N) is 4. The third-order valence-corrected chi connectivity index (χ3v) is 5.85. The molecule has 44 heavy (non-hydrogen) atoms. The molecule has 4 amide bonds. The Bertz CT molecular complexity index is 1420. The number of methoxy groups -OCH3 is 4. The summed E-state index contributed by atoms with van der Waals surface area (Å²) in [7, 11) is 5.90. The van der Waals surface area contributed by atoms with E-state index >= 15 is 0 Å². The molecule has 0 aliphatic carbocycles. The van der Waals surface area contributed by atoms with Crippen LogP contribution in [0, 0.1) is 0 Å². The summed E-state index contributed by atoms with van der Waals surface area (Å²) in [4.78, 5) is 48.8. The van der Waals surface area contributed by atoms with Gasteiger partial charge in [0.1, 0.15) is 0 Å². The van der Waals surface area contributed by atoms with Crippen molar-refractivity contribution in [1.29, 1.82) is 0 Å². The van der Waals surface area contributed by atoms with Gasteiger partial charge in [-0.2, -0.15) is 10.2 Å². The number of amides is 4. The SMILES string of the molecule is COc1ccc(C(=O)NCC(=O)N/N=C\c2ccc(/C=N\NC(=O)CNC(=O)c3ccc(OC)c(OC)c3)cc2)cc1OC. The van der Waals surface area contributed by atoms with Gasteiger partial charge in [-0.25, -0.2) is 10.9 Å². The number of hydrogen-bond acceptors (Lipinski definition) is 10. The van der Waals surface area contributed by atoms with Crippen LogP contribution in [0.4, 0.5) is 0 Å². The van der Waals surface area contributed by atoms with Crippen molar-refractivity contribution in [2.75, 3.05) is 41.5 Å². The molecular weight excluding hydrogens is 572 g/mol. The fraction of sp³-hybridized carbons (Fsp3) is 0.200. The molecule has 0 aliphatic rings. The zero-order valence-corrected chi connectivity index (χ0v) is 24.5. The molecule has 0 saturated heterocycles. The van der Waals surface area contributed by atoms with E-state index in [0.29, 0.717) is 45.3 Å². The standard InChI is InChI=1S/C30H32N6O8/c1-41-23-11-9-21(13-25(23)43-3)29(39)31-17-27(37)35-33-15-19-5-7-20(8-6-19)16-34-36-28(38)18-32-30(40)22-10-12-24(42-2)26(14-22)44-4/h5-16H,17-18H2,1-4H3,(H,31,39)(H,32,40)(H,35,37)(H,36,38)/b33-15-,34-16-. The number of benzene rings is 3. The molecule has 0 bridgehead atoms. The lowest BCUT2D eigenvalue weighted by Crippen LogP contribution is -2.34. The maximum Gasteiger partial charge on any atom is 0.259 e. The zero-order chi connectivity index (χ0) is 31.9. The molecule has 230 valence electrons. The van der Waals surface area contributed by atoms with Crippen LogP contribution in [0.2, 0.25) is 0 Å². The Morgan fingerprint density at radius 2 is 0.932 bits per heavy atom. The highest BCUT2D eigenvalue weighted by atomic mass is 16.5. The fourth-order valence-corrected chi connectivity index (χ4v) is 3.58. The van der Waals surface area contributed by atoms with Crippen LogP contribution in [0.25, 0.3) is 0 Å². The first-order valence-electron chi connectivity index (χ1n) is 13.0. The molecule has 4 N–H and O–H groups in total. The molecule has 14 heteroatoms. The summed E-state index contributed by atoms with van der Waals surface area (Å²) in [6.07, 6.45) is 2.86. The molecular formula is C30H32N6O8. The summed E-state index contributed by atoms with van der Waals surface area (Å²) in [5.41, 5.74) is 6.64. The summed E-state index contributed by atoms with van der Waals surface area (Å²) in [5, 5.41) is 12.8. The second-order valence-corrected chi connectivity index (χ2v) is 8.76. The van der Waals surface area contributed by atoms with E-state index < -0.39 is 23.6 Å². The topological polar surface area (TPSA) is 178 Å². The van der Waals surface area contributed by atoms with Crippen molar-refractivity contribution in [3.05, 3.63) is 82.9 Å². The van der Waals surface area contributed by atoms with Gasteiger partial charge >= 0.3 is 0 Å². The molecule has 0 aromatic heterocycles. The quantitative estimate of drug-likeness (QED) is 0.158. The Labute approximate surface area is 253 Å². The minimum Gasteiger partial charge on any atom is -0.493 e. The molecule has 0 saturated carbocycles. The van der Waals surface area contributed by atoms with Gasteiger partial charge in [0.15, 0.2) is 23.0 Å². The fourth-order valence-electron chi connectivity index (χ4n) is 3.58. The summed E-state index contributed by atoms with van der Waals surface area (Å²) < 4.78 is 20.6. The lowest BCUT2D eigenvalue weighted by Gasteiger charge is -2.09. The minimum absolute atomic E-state index is 0.286. The lowest BCUT2D eigenvalue weighted by molar-refractivity contribution is -0.120. The van der Waals surface area contributed by atoms with Crippen LogP contribution in [-0.2, 0) is 9.59 Å². The molecule has 3 rings (SSSR count).